The van der Waals surface area contributed by atoms with Crippen LogP contribution in [-0.2, 0) is 9.84 Å². The molecule has 19 heavy (non-hydrogen) atoms. The standard InChI is InChI=1S/C12H15BrO5S/c1-7(14)9-3-2-8(13)4-11(9)18-12-6-19(16,17)5-10(12)15/h2-4,7,10,12,14-15H,5-6H2,1H3/t7-,10?,12?/m0/s1. The van der Waals surface area contributed by atoms with Crippen molar-refractivity contribution in [2.24, 2.45) is 0 Å². The van der Waals surface area contributed by atoms with Gasteiger partial charge in [0.25, 0.3) is 0 Å². The molecule has 1 aliphatic heterocycles. The van der Waals surface area contributed by atoms with Gasteiger partial charge in [0, 0.05) is 10.0 Å². The van der Waals surface area contributed by atoms with E-state index in [1.165, 1.54) is 0 Å². The van der Waals surface area contributed by atoms with Gasteiger partial charge in [-0.05, 0) is 19.1 Å². The largest absolute Gasteiger partial charge is 0.486 e. The van der Waals surface area contributed by atoms with E-state index in [1.807, 2.05) is 0 Å². The summed E-state index contributed by atoms with van der Waals surface area (Å²) in [5.74, 6) is -0.110. The lowest BCUT2D eigenvalue weighted by molar-refractivity contribution is 0.0707. The molecule has 7 heteroatoms. The highest BCUT2D eigenvalue weighted by Gasteiger charge is 2.38. The highest BCUT2D eigenvalue weighted by atomic mass is 79.9. The SMILES string of the molecule is C[C@H](O)c1ccc(Br)cc1OC1CS(=O)(=O)CC1O. The highest BCUT2D eigenvalue weighted by Crippen LogP contribution is 2.31. The van der Waals surface area contributed by atoms with Gasteiger partial charge in [-0.25, -0.2) is 8.42 Å². The first-order valence-electron chi connectivity index (χ1n) is 5.81. The number of aliphatic hydroxyl groups excluding tert-OH is 2. The smallest absolute Gasteiger partial charge is 0.156 e. The average Bonchev–Trinajstić information content (AvgIpc) is 2.51. The van der Waals surface area contributed by atoms with E-state index in [9.17, 15) is 18.6 Å². The molecule has 1 heterocycles. The lowest BCUT2D eigenvalue weighted by Gasteiger charge is -2.19. The third-order valence-corrected chi connectivity index (χ3v) is 5.16. The number of hydrogen-bond donors (Lipinski definition) is 2. The Hall–Kier alpha value is -0.630. The van der Waals surface area contributed by atoms with E-state index >= 15 is 0 Å². The van der Waals surface area contributed by atoms with E-state index < -0.39 is 28.1 Å². The summed E-state index contributed by atoms with van der Waals surface area (Å²) >= 11 is 3.29. The quantitative estimate of drug-likeness (QED) is 0.850. The first-order valence-corrected chi connectivity index (χ1v) is 8.42. The fraction of sp³-hybridized carbons (Fsp3) is 0.500. The topological polar surface area (TPSA) is 83.8 Å². The summed E-state index contributed by atoms with van der Waals surface area (Å²) in [7, 11) is -3.26. The van der Waals surface area contributed by atoms with Gasteiger partial charge < -0.3 is 14.9 Å². The molecule has 0 aliphatic carbocycles. The van der Waals surface area contributed by atoms with Crippen LogP contribution in [0.15, 0.2) is 22.7 Å². The molecule has 0 amide bonds. The zero-order chi connectivity index (χ0) is 14.2. The molecule has 1 saturated heterocycles. The van der Waals surface area contributed by atoms with Crippen molar-refractivity contribution in [2.45, 2.75) is 25.2 Å². The molecule has 1 aliphatic rings. The molecule has 0 aromatic heterocycles. The summed E-state index contributed by atoms with van der Waals surface area (Å²) in [6.45, 7) is 1.60. The van der Waals surface area contributed by atoms with Gasteiger partial charge >= 0.3 is 0 Å². The van der Waals surface area contributed by atoms with Crippen LogP contribution >= 0.6 is 15.9 Å². The van der Waals surface area contributed by atoms with Crippen molar-refractivity contribution in [3.63, 3.8) is 0 Å². The molecule has 2 rings (SSSR count). The summed E-state index contributed by atoms with van der Waals surface area (Å²) in [5, 5.41) is 19.4. The van der Waals surface area contributed by atoms with Crippen molar-refractivity contribution in [3.8, 4) is 5.75 Å². The van der Waals surface area contributed by atoms with Gasteiger partial charge in [0.2, 0.25) is 0 Å². The second-order valence-corrected chi connectivity index (χ2v) is 7.73. The number of benzene rings is 1. The Morgan fingerprint density at radius 2 is 2.11 bits per heavy atom. The fourth-order valence-electron chi connectivity index (χ4n) is 2.03. The van der Waals surface area contributed by atoms with Crippen molar-refractivity contribution in [2.75, 3.05) is 11.5 Å². The lowest BCUT2D eigenvalue weighted by atomic mass is 10.1. The maximum atomic E-state index is 11.4. The van der Waals surface area contributed by atoms with Crippen LogP contribution in [0.25, 0.3) is 0 Å². The number of halogens is 1. The van der Waals surface area contributed by atoms with Crippen LogP contribution in [0.3, 0.4) is 0 Å². The minimum Gasteiger partial charge on any atom is -0.486 e. The summed E-state index contributed by atoms with van der Waals surface area (Å²) in [6.07, 6.45) is -2.57. The molecule has 0 saturated carbocycles. The van der Waals surface area contributed by atoms with E-state index in [-0.39, 0.29) is 11.5 Å². The zero-order valence-electron chi connectivity index (χ0n) is 10.3. The van der Waals surface area contributed by atoms with Gasteiger partial charge in [0.05, 0.1) is 17.6 Å². The van der Waals surface area contributed by atoms with E-state index in [2.05, 4.69) is 15.9 Å². The molecule has 3 atom stereocenters. The van der Waals surface area contributed by atoms with Crippen molar-refractivity contribution < 1.29 is 23.4 Å². The normalized spacial score (nSPS) is 27.2. The minimum atomic E-state index is -3.26. The summed E-state index contributed by atoms with van der Waals surface area (Å²) in [5.41, 5.74) is 0.555. The highest BCUT2D eigenvalue weighted by molar-refractivity contribution is 9.10. The van der Waals surface area contributed by atoms with E-state index in [0.29, 0.717) is 11.3 Å². The van der Waals surface area contributed by atoms with Crippen LogP contribution in [0, 0.1) is 0 Å². The number of sulfone groups is 1. The summed E-state index contributed by atoms with van der Waals surface area (Å²) in [4.78, 5) is 0. The zero-order valence-corrected chi connectivity index (χ0v) is 12.7. The predicted molar refractivity (Wildman–Crippen MR) is 73.9 cm³/mol. The number of rotatable bonds is 3. The molecule has 0 spiro atoms. The first-order chi connectivity index (χ1) is 8.78. The Morgan fingerprint density at radius 1 is 1.42 bits per heavy atom. The van der Waals surface area contributed by atoms with E-state index in [0.717, 1.165) is 4.47 Å². The molecule has 106 valence electrons. The van der Waals surface area contributed by atoms with Gasteiger partial charge in [-0.2, -0.15) is 0 Å². The second kappa shape index (κ2) is 5.40. The van der Waals surface area contributed by atoms with E-state index in [1.54, 1.807) is 25.1 Å². The average molecular weight is 351 g/mol. The van der Waals surface area contributed by atoms with Gasteiger partial charge in [0.15, 0.2) is 9.84 Å². The monoisotopic (exact) mass is 350 g/mol. The second-order valence-electron chi connectivity index (χ2n) is 4.66. The van der Waals surface area contributed by atoms with Crippen molar-refractivity contribution in [1.82, 2.24) is 0 Å². The molecule has 5 nitrogen and oxygen atoms in total. The molecule has 1 aromatic carbocycles. The van der Waals surface area contributed by atoms with Gasteiger partial charge in [-0.1, -0.05) is 22.0 Å². The number of ether oxygens (including phenoxy) is 1. The molecular weight excluding hydrogens is 336 g/mol. The van der Waals surface area contributed by atoms with Crippen molar-refractivity contribution in [3.05, 3.63) is 28.2 Å². The van der Waals surface area contributed by atoms with Crippen LogP contribution in [0.4, 0.5) is 0 Å². The third-order valence-electron chi connectivity index (χ3n) is 2.98. The maximum Gasteiger partial charge on any atom is 0.156 e. The van der Waals surface area contributed by atoms with Crippen LogP contribution in [0.5, 0.6) is 5.75 Å². The van der Waals surface area contributed by atoms with Gasteiger partial charge in [-0.15, -0.1) is 0 Å². The van der Waals surface area contributed by atoms with Crippen LogP contribution in [0.1, 0.15) is 18.6 Å². The molecule has 2 N–H and O–H groups in total. The molecule has 0 radical (unpaired) electrons. The molecule has 0 bridgehead atoms. The Bertz CT molecular complexity index is 569. The molecule has 1 fully saturated rings. The summed E-state index contributed by atoms with van der Waals surface area (Å²) < 4.78 is 29.2. The van der Waals surface area contributed by atoms with E-state index in [4.69, 9.17) is 4.74 Å². The van der Waals surface area contributed by atoms with Crippen molar-refractivity contribution >= 4 is 25.8 Å². The van der Waals surface area contributed by atoms with Gasteiger partial charge in [-0.3, -0.25) is 0 Å². The lowest BCUT2D eigenvalue weighted by Crippen LogP contribution is -2.30. The predicted octanol–water partition coefficient (Wildman–Crippen LogP) is 1.04. The number of hydrogen-bond acceptors (Lipinski definition) is 5. The Kier molecular flexibility index (Phi) is 4.20. The fourth-order valence-corrected chi connectivity index (χ4v) is 4.03. The number of aliphatic hydroxyl groups is 2. The third kappa shape index (κ3) is 3.47. The maximum absolute atomic E-state index is 11.4. The van der Waals surface area contributed by atoms with Crippen LogP contribution < -0.4 is 4.74 Å². The van der Waals surface area contributed by atoms with Gasteiger partial charge in [0.1, 0.15) is 18.0 Å². The molecule has 1 aromatic rings. The Labute approximate surface area is 120 Å². The Morgan fingerprint density at radius 3 is 2.63 bits per heavy atom. The van der Waals surface area contributed by atoms with Crippen LogP contribution in [-0.4, -0.2) is 42.3 Å². The van der Waals surface area contributed by atoms with Crippen molar-refractivity contribution in [1.29, 1.82) is 0 Å². The minimum absolute atomic E-state index is 0.208. The molecular formula is C12H15BrO5S. The first kappa shape index (κ1) is 14.8. The molecule has 2 unspecified atom stereocenters. The summed E-state index contributed by atoms with van der Waals surface area (Å²) in [6, 6.07) is 5.11. The van der Waals surface area contributed by atoms with Crippen LogP contribution in [0.2, 0.25) is 0 Å². The Balaban J connectivity index is 2.26.